The van der Waals surface area contributed by atoms with E-state index in [0.717, 1.165) is 64.5 Å². The van der Waals surface area contributed by atoms with Crippen LogP contribution in [0.1, 0.15) is 24.8 Å². The van der Waals surface area contributed by atoms with Gasteiger partial charge in [0.1, 0.15) is 24.3 Å². The first-order valence-corrected chi connectivity index (χ1v) is 16.0. The summed E-state index contributed by atoms with van der Waals surface area (Å²) in [7, 11) is 0. The minimum absolute atomic E-state index is 0.0153. The molecule has 240 valence electrons. The van der Waals surface area contributed by atoms with Gasteiger partial charge in [0.2, 0.25) is 11.9 Å². The summed E-state index contributed by atoms with van der Waals surface area (Å²) in [4.78, 5) is 32.3. The number of hydrogen-bond donors (Lipinski definition) is 2. The zero-order valence-corrected chi connectivity index (χ0v) is 25.6. The number of likely N-dealkylation sites (tertiary alicyclic amines) is 1. The molecule has 0 radical (unpaired) electrons. The molecule has 0 bridgehead atoms. The lowest BCUT2D eigenvalue weighted by atomic mass is 10.0. The zero-order chi connectivity index (χ0) is 31.5. The number of halogens is 1. The van der Waals surface area contributed by atoms with E-state index in [2.05, 4.69) is 53.6 Å². The van der Waals surface area contributed by atoms with Crippen molar-refractivity contribution in [3.63, 3.8) is 0 Å². The molecule has 1 amide bonds. The van der Waals surface area contributed by atoms with Crippen LogP contribution in [-0.4, -0.2) is 114 Å². The second-order valence-electron chi connectivity index (χ2n) is 12.2. The Bertz CT molecular complexity index is 1570. The van der Waals surface area contributed by atoms with E-state index in [1.54, 1.807) is 23.1 Å². The first kappa shape index (κ1) is 30.3. The van der Waals surface area contributed by atoms with E-state index in [0.29, 0.717) is 42.1 Å². The molecule has 4 aliphatic rings. The van der Waals surface area contributed by atoms with Gasteiger partial charge in [0.25, 0.3) is 0 Å². The molecule has 3 aromatic rings. The number of piperazine rings is 1. The summed E-state index contributed by atoms with van der Waals surface area (Å²) in [6.45, 7) is 6.97. The minimum Gasteiger partial charge on any atom is -0.486 e. The number of nitrogens with one attached hydrogen (secondary N) is 2. The third kappa shape index (κ3) is 6.60. The molecule has 0 spiro atoms. The van der Waals surface area contributed by atoms with Crippen molar-refractivity contribution in [3.05, 3.63) is 54.4 Å². The highest BCUT2D eigenvalue weighted by Gasteiger charge is 2.36. The number of alkyl halides is 1. The van der Waals surface area contributed by atoms with Crippen LogP contribution in [0.3, 0.4) is 0 Å². The Hall–Kier alpha value is -4.38. The fraction of sp³-hybridized carbons (Fsp3) is 0.485. The summed E-state index contributed by atoms with van der Waals surface area (Å²) in [6.07, 6.45) is 1.41. The lowest BCUT2D eigenvalue weighted by Crippen LogP contribution is -2.56. The molecule has 4 fully saturated rings. The molecule has 12 nitrogen and oxygen atoms in total. The van der Waals surface area contributed by atoms with Gasteiger partial charge in [0.15, 0.2) is 12.0 Å². The third-order valence-corrected chi connectivity index (χ3v) is 9.30. The maximum atomic E-state index is 15.1. The number of amides is 1. The second-order valence-corrected chi connectivity index (χ2v) is 12.2. The van der Waals surface area contributed by atoms with E-state index >= 15 is 4.39 Å². The number of carbonyl (C=O) groups is 1. The van der Waals surface area contributed by atoms with Crippen molar-refractivity contribution in [2.24, 2.45) is 0 Å². The molecule has 2 aromatic carbocycles. The number of carbonyl (C=O) groups excluding carboxylic acids is 1. The van der Waals surface area contributed by atoms with E-state index < -0.39 is 12.3 Å². The molecule has 46 heavy (non-hydrogen) atoms. The molecule has 4 saturated heterocycles. The Morgan fingerprint density at radius 2 is 1.89 bits per heavy atom. The van der Waals surface area contributed by atoms with Crippen molar-refractivity contribution >= 4 is 23.2 Å². The summed E-state index contributed by atoms with van der Waals surface area (Å²) in [5.41, 5.74) is 2.89. The van der Waals surface area contributed by atoms with Gasteiger partial charge in [-0.05, 0) is 61.9 Å². The van der Waals surface area contributed by atoms with Crippen LogP contribution in [-0.2, 0) is 9.53 Å². The summed E-state index contributed by atoms with van der Waals surface area (Å²) in [6, 6.07) is 15.8. The molecule has 5 heterocycles. The van der Waals surface area contributed by atoms with Gasteiger partial charge in [0, 0.05) is 56.1 Å². The lowest BCUT2D eigenvalue weighted by Gasteiger charge is -2.43. The van der Waals surface area contributed by atoms with Crippen molar-refractivity contribution < 1.29 is 18.7 Å². The van der Waals surface area contributed by atoms with Gasteiger partial charge in [-0.2, -0.15) is 10.2 Å². The predicted molar refractivity (Wildman–Crippen MR) is 170 cm³/mol. The summed E-state index contributed by atoms with van der Waals surface area (Å²) < 4.78 is 26.5. The van der Waals surface area contributed by atoms with Gasteiger partial charge >= 0.3 is 0 Å². The van der Waals surface area contributed by atoms with E-state index in [1.165, 1.54) is 12.0 Å². The standard InChI is InChI=1S/C33H38FN9O3/c34-27-18-43(32(44)28-2-1-10-36-28)11-9-30(27)46-29-8-3-22(16-23(29)17-35)31-37-21-38-33(40-31)39-24-4-6-25(7-5-24)41-12-14-42(15-13-41)26-19-45-20-26/h3-8,16,21,26-28,30,36H,1-2,9-15,18-20H2,(H,37,38,39,40). The molecular formula is C33H38FN9O3. The van der Waals surface area contributed by atoms with Gasteiger partial charge in [-0.1, -0.05) is 0 Å². The van der Waals surface area contributed by atoms with Crippen LogP contribution in [0.25, 0.3) is 11.4 Å². The fourth-order valence-corrected chi connectivity index (χ4v) is 6.51. The largest absolute Gasteiger partial charge is 0.486 e. The first-order chi connectivity index (χ1) is 22.5. The Morgan fingerprint density at radius 1 is 1.07 bits per heavy atom. The number of nitriles is 1. The monoisotopic (exact) mass is 627 g/mol. The molecule has 3 unspecified atom stereocenters. The molecule has 4 aliphatic heterocycles. The van der Waals surface area contributed by atoms with Crippen LogP contribution >= 0.6 is 0 Å². The maximum absolute atomic E-state index is 15.1. The molecule has 0 saturated carbocycles. The van der Waals surface area contributed by atoms with Crippen LogP contribution in [0, 0.1) is 11.3 Å². The number of anilines is 3. The molecule has 2 N–H and O–H groups in total. The van der Waals surface area contributed by atoms with Gasteiger partial charge < -0.3 is 29.9 Å². The lowest BCUT2D eigenvalue weighted by molar-refractivity contribution is -0.137. The molecular weight excluding hydrogens is 589 g/mol. The number of aromatic nitrogens is 3. The van der Waals surface area contributed by atoms with E-state index in [-0.39, 0.29) is 24.1 Å². The van der Waals surface area contributed by atoms with Gasteiger partial charge in [-0.15, -0.1) is 0 Å². The normalized spacial score (nSPS) is 23.9. The average Bonchev–Trinajstić information content (AvgIpc) is 3.61. The number of benzene rings is 2. The minimum atomic E-state index is -1.35. The highest BCUT2D eigenvalue weighted by Crippen LogP contribution is 2.29. The van der Waals surface area contributed by atoms with Crippen LogP contribution in [0.5, 0.6) is 5.75 Å². The van der Waals surface area contributed by atoms with Crippen molar-refractivity contribution in [2.45, 2.75) is 43.6 Å². The van der Waals surface area contributed by atoms with Crippen molar-refractivity contribution in [2.75, 3.05) is 69.2 Å². The predicted octanol–water partition coefficient (Wildman–Crippen LogP) is 2.74. The second kappa shape index (κ2) is 13.5. The Labute approximate surface area is 267 Å². The third-order valence-electron chi connectivity index (χ3n) is 9.30. The first-order valence-electron chi connectivity index (χ1n) is 16.0. The average molecular weight is 628 g/mol. The van der Waals surface area contributed by atoms with Crippen molar-refractivity contribution in [3.8, 4) is 23.2 Å². The van der Waals surface area contributed by atoms with Crippen LogP contribution in [0.2, 0.25) is 0 Å². The van der Waals surface area contributed by atoms with Gasteiger partial charge in [-0.3, -0.25) is 9.69 Å². The Balaban J connectivity index is 0.960. The van der Waals surface area contributed by atoms with Crippen molar-refractivity contribution in [1.82, 2.24) is 30.1 Å². The SMILES string of the molecule is N#Cc1cc(-c2ncnc(Nc3ccc(N4CCN(C5COC5)CC4)cc3)n2)ccc1OC1CCN(C(=O)C2CCCN2)CC1F. The highest BCUT2D eigenvalue weighted by atomic mass is 19.1. The van der Waals surface area contributed by atoms with Crippen LogP contribution in [0.4, 0.5) is 21.7 Å². The van der Waals surface area contributed by atoms with Crippen molar-refractivity contribution in [1.29, 1.82) is 5.26 Å². The number of piperidine rings is 1. The molecule has 7 rings (SSSR count). The Kier molecular flexibility index (Phi) is 8.91. The smallest absolute Gasteiger partial charge is 0.239 e. The number of nitrogens with zero attached hydrogens (tertiary/aromatic N) is 7. The van der Waals surface area contributed by atoms with E-state index in [4.69, 9.17) is 9.47 Å². The highest BCUT2D eigenvalue weighted by molar-refractivity contribution is 5.82. The summed E-state index contributed by atoms with van der Waals surface area (Å²) >= 11 is 0. The molecule has 1 aromatic heterocycles. The zero-order valence-electron chi connectivity index (χ0n) is 25.6. The number of rotatable bonds is 8. The Morgan fingerprint density at radius 3 is 2.59 bits per heavy atom. The number of ether oxygens (including phenoxy) is 2. The molecule has 3 atom stereocenters. The maximum Gasteiger partial charge on any atom is 0.239 e. The van der Waals surface area contributed by atoms with Crippen LogP contribution in [0.15, 0.2) is 48.8 Å². The summed E-state index contributed by atoms with van der Waals surface area (Å²) in [5, 5.41) is 16.3. The van der Waals surface area contributed by atoms with E-state index in [1.807, 2.05) is 12.1 Å². The number of hydrogen-bond acceptors (Lipinski definition) is 11. The molecule has 0 aliphatic carbocycles. The quantitative estimate of drug-likeness (QED) is 0.382. The van der Waals surface area contributed by atoms with Gasteiger partial charge in [0.05, 0.1) is 37.4 Å². The van der Waals surface area contributed by atoms with E-state index in [9.17, 15) is 10.1 Å². The van der Waals surface area contributed by atoms with Gasteiger partial charge in [-0.25, -0.2) is 14.4 Å². The summed E-state index contributed by atoms with van der Waals surface area (Å²) in [5.74, 6) is 1.01. The topological polar surface area (TPSA) is 132 Å². The molecule has 13 heteroatoms. The van der Waals surface area contributed by atoms with Crippen LogP contribution < -0.4 is 20.3 Å². The fourth-order valence-electron chi connectivity index (χ4n) is 6.51.